The molecule has 1 N–H and O–H groups in total. The Bertz CT molecular complexity index is 493. The molecule has 0 atom stereocenters. The zero-order valence-corrected chi connectivity index (χ0v) is 13.2. The molecule has 1 aromatic rings. The number of rotatable bonds is 4. The van der Waals surface area contributed by atoms with Gasteiger partial charge in [-0.25, -0.2) is 0 Å². The van der Waals surface area contributed by atoms with Crippen molar-refractivity contribution in [1.82, 2.24) is 9.80 Å². The lowest BCUT2D eigenvalue weighted by molar-refractivity contribution is 0.104. The summed E-state index contributed by atoms with van der Waals surface area (Å²) >= 11 is 0. The monoisotopic (exact) mass is 286 g/mol. The number of aliphatic hydroxyl groups excluding tert-OH is 1. The molecule has 1 heterocycles. The fourth-order valence-corrected chi connectivity index (χ4v) is 2.67. The van der Waals surface area contributed by atoms with Gasteiger partial charge in [0, 0.05) is 50.7 Å². The van der Waals surface area contributed by atoms with E-state index in [1.54, 1.807) is 0 Å². The Hall–Kier alpha value is -1.34. The van der Waals surface area contributed by atoms with Gasteiger partial charge in [0.15, 0.2) is 0 Å². The fourth-order valence-electron chi connectivity index (χ4n) is 2.67. The van der Waals surface area contributed by atoms with Crippen LogP contribution in [0.1, 0.15) is 31.4 Å². The van der Waals surface area contributed by atoms with Crippen LogP contribution in [0, 0.1) is 11.8 Å². The molecule has 0 amide bonds. The van der Waals surface area contributed by atoms with E-state index in [1.165, 1.54) is 5.56 Å². The molecule has 0 saturated carbocycles. The van der Waals surface area contributed by atoms with Gasteiger partial charge in [-0.05, 0) is 25.5 Å². The van der Waals surface area contributed by atoms with Gasteiger partial charge in [0.25, 0.3) is 0 Å². The van der Waals surface area contributed by atoms with Crippen LogP contribution in [0.2, 0.25) is 0 Å². The number of aliphatic hydroxyl groups is 1. The summed E-state index contributed by atoms with van der Waals surface area (Å²) in [5.41, 5.74) is 2.39. The summed E-state index contributed by atoms with van der Waals surface area (Å²) < 4.78 is 0. The Morgan fingerprint density at radius 2 is 1.86 bits per heavy atom. The topological polar surface area (TPSA) is 26.7 Å². The van der Waals surface area contributed by atoms with Gasteiger partial charge in [-0.2, -0.15) is 0 Å². The third-order valence-corrected chi connectivity index (χ3v) is 4.01. The van der Waals surface area contributed by atoms with E-state index in [1.807, 2.05) is 6.07 Å². The zero-order valence-electron chi connectivity index (χ0n) is 13.2. The minimum Gasteiger partial charge on any atom is -0.395 e. The highest BCUT2D eigenvalue weighted by Crippen LogP contribution is 2.13. The van der Waals surface area contributed by atoms with Crippen LogP contribution >= 0.6 is 0 Å². The van der Waals surface area contributed by atoms with Gasteiger partial charge in [0.1, 0.15) is 0 Å². The molecule has 3 nitrogen and oxygen atoms in total. The maximum absolute atomic E-state index is 8.83. The van der Waals surface area contributed by atoms with Crippen LogP contribution in [0.5, 0.6) is 0 Å². The number of hydrogen-bond acceptors (Lipinski definition) is 3. The molecule has 1 saturated heterocycles. The number of hydrogen-bond donors (Lipinski definition) is 1. The first-order valence-corrected chi connectivity index (χ1v) is 7.84. The molecule has 1 fully saturated rings. The average molecular weight is 286 g/mol. The summed E-state index contributed by atoms with van der Waals surface area (Å²) in [5.74, 6) is 6.21. The Kier molecular flexibility index (Phi) is 6.25. The van der Waals surface area contributed by atoms with E-state index in [0.717, 1.165) is 38.3 Å². The molecule has 21 heavy (non-hydrogen) atoms. The van der Waals surface area contributed by atoms with Crippen molar-refractivity contribution in [3.05, 3.63) is 35.4 Å². The standard InChI is InChI=1S/C18H26N2O/c1-16(2)20-12-10-19(11-13-20)15-18-9-4-3-7-17(18)8-5-6-14-21/h3-4,7,9,16,21H,6,10-15H2,1-2H3. The highest BCUT2D eigenvalue weighted by Gasteiger charge is 2.19. The lowest BCUT2D eigenvalue weighted by Gasteiger charge is -2.37. The van der Waals surface area contributed by atoms with Crippen LogP contribution in [0.15, 0.2) is 24.3 Å². The van der Waals surface area contributed by atoms with Gasteiger partial charge in [-0.15, -0.1) is 0 Å². The quantitative estimate of drug-likeness (QED) is 0.857. The van der Waals surface area contributed by atoms with Crippen LogP contribution in [-0.2, 0) is 6.54 Å². The van der Waals surface area contributed by atoms with Gasteiger partial charge in [-0.3, -0.25) is 9.80 Å². The maximum atomic E-state index is 8.83. The van der Waals surface area contributed by atoms with Crippen molar-refractivity contribution >= 4 is 0 Å². The lowest BCUT2D eigenvalue weighted by Crippen LogP contribution is -2.48. The summed E-state index contributed by atoms with van der Waals surface area (Å²) in [4.78, 5) is 5.04. The fraction of sp³-hybridized carbons (Fsp3) is 0.556. The first kappa shape index (κ1) is 16.0. The van der Waals surface area contributed by atoms with E-state index < -0.39 is 0 Å². The molecule has 2 rings (SSSR count). The second-order valence-electron chi connectivity index (χ2n) is 5.84. The van der Waals surface area contributed by atoms with Crippen LogP contribution in [0.4, 0.5) is 0 Å². The van der Waals surface area contributed by atoms with E-state index in [-0.39, 0.29) is 6.61 Å². The highest BCUT2D eigenvalue weighted by atomic mass is 16.2. The number of benzene rings is 1. The zero-order chi connectivity index (χ0) is 15.1. The summed E-state index contributed by atoms with van der Waals surface area (Å²) in [6, 6.07) is 8.99. The summed E-state index contributed by atoms with van der Waals surface area (Å²) in [6.45, 7) is 10.2. The Morgan fingerprint density at radius 3 is 2.52 bits per heavy atom. The first-order valence-electron chi connectivity index (χ1n) is 7.84. The lowest BCUT2D eigenvalue weighted by atomic mass is 10.1. The predicted octanol–water partition coefficient (Wildman–Crippen LogP) is 1.95. The molecule has 0 aliphatic carbocycles. The molecule has 0 radical (unpaired) electrons. The second kappa shape index (κ2) is 8.19. The summed E-state index contributed by atoms with van der Waals surface area (Å²) in [7, 11) is 0. The van der Waals surface area contributed by atoms with E-state index in [2.05, 4.69) is 53.7 Å². The minimum atomic E-state index is 0.131. The Morgan fingerprint density at radius 1 is 1.14 bits per heavy atom. The molecular weight excluding hydrogens is 260 g/mol. The predicted molar refractivity (Wildman–Crippen MR) is 87.0 cm³/mol. The molecule has 0 bridgehead atoms. The van der Waals surface area contributed by atoms with Gasteiger partial charge >= 0.3 is 0 Å². The molecule has 1 aliphatic heterocycles. The third-order valence-electron chi connectivity index (χ3n) is 4.01. The number of piperazine rings is 1. The van der Waals surface area contributed by atoms with Crippen molar-refractivity contribution in [2.24, 2.45) is 0 Å². The maximum Gasteiger partial charge on any atom is 0.0540 e. The molecule has 0 spiro atoms. The summed E-state index contributed by atoms with van der Waals surface area (Å²) in [5, 5.41) is 8.83. The van der Waals surface area contributed by atoms with Crippen molar-refractivity contribution in [2.75, 3.05) is 32.8 Å². The van der Waals surface area contributed by atoms with Crippen LogP contribution in [-0.4, -0.2) is 53.7 Å². The average Bonchev–Trinajstić information content (AvgIpc) is 2.50. The molecule has 3 heteroatoms. The van der Waals surface area contributed by atoms with E-state index in [0.29, 0.717) is 12.5 Å². The van der Waals surface area contributed by atoms with Crippen molar-refractivity contribution in [2.45, 2.75) is 32.9 Å². The van der Waals surface area contributed by atoms with Crippen molar-refractivity contribution in [1.29, 1.82) is 0 Å². The molecule has 0 unspecified atom stereocenters. The molecular formula is C18H26N2O. The molecule has 114 valence electrons. The van der Waals surface area contributed by atoms with Crippen LogP contribution < -0.4 is 0 Å². The normalized spacial score (nSPS) is 16.8. The smallest absolute Gasteiger partial charge is 0.0540 e. The van der Waals surface area contributed by atoms with E-state index in [4.69, 9.17) is 5.11 Å². The second-order valence-corrected chi connectivity index (χ2v) is 5.84. The van der Waals surface area contributed by atoms with Crippen LogP contribution in [0.3, 0.4) is 0 Å². The third kappa shape index (κ3) is 4.86. The molecule has 1 aliphatic rings. The summed E-state index contributed by atoms with van der Waals surface area (Å²) in [6.07, 6.45) is 0.543. The van der Waals surface area contributed by atoms with E-state index in [9.17, 15) is 0 Å². The first-order chi connectivity index (χ1) is 10.2. The van der Waals surface area contributed by atoms with Gasteiger partial charge < -0.3 is 5.11 Å². The van der Waals surface area contributed by atoms with Gasteiger partial charge in [0.05, 0.1) is 6.61 Å². The van der Waals surface area contributed by atoms with Crippen molar-refractivity contribution in [3.8, 4) is 11.8 Å². The number of nitrogens with zero attached hydrogens (tertiary/aromatic N) is 2. The highest BCUT2D eigenvalue weighted by molar-refractivity contribution is 5.41. The van der Waals surface area contributed by atoms with E-state index >= 15 is 0 Å². The largest absolute Gasteiger partial charge is 0.395 e. The Labute approximate surface area is 128 Å². The Balaban J connectivity index is 1.96. The van der Waals surface area contributed by atoms with Crippen LogP contribution in [0.25, 0.3) is 0 Å². The van der Waals surface area contributed by atoms with Gasteiger partial charge in [0.2, 0.25) is 0 Å². The molecule has 1 aromatic carbocycles. The van der Waals surface area contributed by atoms with Crippen molar-refractivity contribution in [3.63, 3.8) is 0 Å². The molecule has 0 aromatic heterocycles. The minimum absolute atomic E-state index is 0.131. The SMILES string of the molecule is CC(C)N1CCN(Cc2ccccc2C#CCCO)CC1. The van der Waals surface area contributed by atoms with Gasteiger partial charge in [-0.1, -0.05) is 30.0 Å². The van der Waals surface area contributed by atoms with Crippen molar-refractivity contribution < 1.29 is 5.11 Å².